The molecule has 0 aliphatic carbocycles. The quantitative estimate of drug-likeness (QED) is 0.750. The minimum Gasteiger partial charge on any atom is -0.338 e. The van der Waals surface area contributed by atoms with Gasteiger partial charge in [0.2, 0.25) is 0 Å². The average molecular weight is 198 g/mol. The largest absolute Gasteiger partial charge is 0.338 e. The molecule has 0 fully saturated rings. The summed E-state index contributed by atoms with van der Waals surface area (Å²) in [6, 6.07) is 2.97. The summed E-state index contributed by atoms with van der Waals surface area (Å²) in [7, 11) is 0. The van der Waals surface area contributed by atoms with Crippen LogP contribution in [0.15, 0.2) is 17.5 Å². The first-order chi connectivity index (χ1) is 6.24. The molecule has 70 valence electrons. The van der Waals surface area contributed by atoms with E-state index < -0.39 is 6.03 Å². The lowest BCUT2D eigenvalue weighted by atomic mass is 10.4. The van der Waals surface area contributed by atoms with Gasteiger partial charge >= 0.3 is 6.03 Å². The highest BCUT2D eigenvalue weighted by Gasteiger charge is 2.09. The van der Waals surface area contributed by atoms with E-state index in [4.69, 9.17) is 0 Å². The molecule has 1 aromatic rings. The van der Waals surface area contributed by atoms with Crippen LogP contribution >= 0.6 is 11.3 Å². The highest BCUT2D eigenvalue weighted by molar-refractivity contribution is 7.12. The molecule has 0 unspecified atom stereocenters. The van der Waals surface area contributed by atoms with Gasteiger partial charge in [-0.15, -0.1) is 11.3 Å². The number of urea groups is 1. The minimum absolute atomic E-state index is 0.360. The van der Waals surface area contributed by atoms with E-state index in [-0.39, 0.29) is 5.91 Å². The van der Waals surface area contributed by atoms with Crippen LogP contribution in [-0.4, -0.2) is 18.5 Å². The molecule has 3 amide bonds. The van der Waals surface area contributed by atoms with Crippen LogP contribution in [0, 0.1) is 0 Å². The summed E-state index contributed by atoms with van der Waals surface area (Å²) in [6.07, 6.45) is 0. The number of hydrogen-bond acceptors (Lipinski definition) is 3. The van der Waals surface area contributed by atoms with E-state index in [2.05, 4.69) is 10.6 Å². The van der Waals surface area contributed by atoms with Gasteiger partial charge in [-0.2, -0.15) is 0 Å². The van der Waals surface area contributed by atoms with Gasteiger partial charge in [0.15, 0.2) is 0 Å². The number of carbonyl (C=O) groups is 2. The van der Waals surface area contributed by atoms with Gasteiger partial charge < -0.3 is 5.32 Å². The molecule has 0 aliphatic heterocycles. The van der Waals surface area contributed by atoms with Crippen LogP contribution in [0.1, 0.15) is 16.6 Å². The molecule has 1 rings (SSSR count). The Morgan fingerprint density at radius 1 is 1.54 bits per heavy atom. The smallest absolute Gasteiger partial charge is 0.321 e. The van der Waals surface area contributed by atoms with E-state index in [9.17, 15) is 9.59 Å². The summed E-state index contributed by atoms with van der Waals surface area (Å²) in [5.74, 6) is -0.360. The maximum absolute atomic E-state index is 11.2. The van der Waals surface area contributed by atoms with E-state index in [1.807, 2.05) is 0 Å². The fraction of sp³-hybridized carbons (Fsp3) is 0.250. The molecule has 1 aromatic heterocycles. The van der Waals surface area contributed by atoms with Crippen molar-refractivity contribution < 1.29 is 9.59 Å². The molecule has 0 atom stereocenters. The van der Waals surface area contributed by atoms with Crippen LogP contribution in [0.4, 0.5) is 4.79 Å². The Hall–Kier alpha value is -1.36. The van der Waals surface area contributed by atoms with Crippen LogP contribution in [0.5, 0.6) is 0 Å². The number of carbonyl (C=O) groups excluding carboxylic acids is 2. The Balaban J connectivity index is 2.47. The molecule has 0 radical (unpaired) electrons. The van der Waals surface area contributed by atoms with E-state index in [1.54, 1.807) is 24.4 Å². The number of rotatable bonds is 2. The standard InChI is InChI=1S/C8H10N2O2S/c1-2-9-8(12)10-7(11)6-4-3-5-13-6/h3-5H,2H2,1H3,(H2,9,10,11,12). The molecular weight excluding hydrogens is 188 g/mol. The van der Waals surface area contributed by atoms with E-state index >= 15 is 0 Å². The van der Waals surface area contributed by atoms with Gasteiger partial charge in [0.25, 0.3) is 5.91 Å². The number of amides is 3. The Morgan fingerprint density at radius 3 is 2.85 bits per heavy atom. The van der Waals surface area contributed by atoms with E-state index in [1.165, 1.54) is 11.3 Å². The summed E-state index contributed by atoms with van der Waals surface area (Å²) in [5, 5.41) is 6.46. The number of imide groups is 1. The van der Waals surface area contributed by atoms with Gasteiger partial charge in [-0.05, 0) is 18.4 Å². The van der Waals surface area contributed by atoms with Crippen molar-refractivity contribution in [2.45, 2.75) is 6.92 Å². The molecule has 4 nitrogen and oxygen atoms in total. The second-order valence-corrected chi connectivity index (χ2v) is 3.24. The normalized spacial score (nSPS) is 9.31. The summed E-state index contributed by atoms with van der Waals surface area (Å²) >= 11 is 1.30. The van der Waals surface area contributed by atoms with Crippen LogP contribution in [-0.2, 0) is 0 Å². The molecule has 0 saturated heterocycles. The zero-order chi connectivity index (χ0) is 9.68. The topological polar surface area (TPSA) is 58.2 Å². The highest BCUT2D eigenvalue weighted by atomic mass is 32.1. The predicted molar refractivity (Wildman–Crippen MR) is 50.9 cm³/mol. The SMILES string of the molecule is CCNC(=O)NC(=O)c1cccs1. The molecule has 1 heterocycles. The third kappa shape index (κ3) is 2.87. The second kappa shape index (κ2) is 4.61. The zero-order valence-electron chi connectivity index (χ0n) is 7.16. The van der Waals surface area contributed by atoms with Crippen molar-refractivity contribution in [1.29, 1.82) is 0 Å². The minimum atomic E-state index is -0.457. The number of thiophene rings is 1. The van der Waals surface area contributed by atoms with Crippen LogP contribution in [0.25, 0.3) is 0 Å². The molecule has 5 heteroatoms. The lowest BCUT2D eigenvalue weighted by Crippen LogP contribution is -2.38. The Kier molecular flexibility index (Phi) is 3.45. The van der Waals surface area contributed by atoms with Crippen LogP contribution in [0.3, 0.4) is 0 Å². The van der Waals surface area contributed by atoms with Crippen molar-refractivity contribution >= 4 is 23.3 Å². The maximum Gasteiger partial charge on any atom is 0.321 e. The van der Waals surface area contributed by atoms with E-state index in [0.29, 0.717) is 11.4 Å². The Labute approximate surface area is 80.0 Å². The maximum atomic E-state index is 11.2. The van der Waals surface area contributed by atoms with Gasteiger partial charge in [0.05, 0.1) is 4.88 Å². The second-order valence-electron chi connectivity index (χ2n) is 2.29. The molecule has 0 bridgehead atoms. The van der Waals surface area contributed by atoms with Crippen molar-refractivity contribution in [3.8, 4) is 0 Å². The van der Waals surface area contributed by atoms with Gasteiger partial charge in [-0.1, -0.05) is 6.07 Å². The fourth-order valence-electron chi connectivity index (χ4n) is 0.777. The first-order valence-corrected chi connectivity index (χ1v) is 4.74. The summed E-state index contributed by atoms with van der Waals surface area (Å²) < 4.78 is 0. The van der Waals surface area contributed by atoms with Crippen molar-refractivity contribution in [2.24, 2.45) is 0 Å². The molecular formula is C8H10N2O2S. The number of hydrogen-bond donors (Lipinski definition) is 2. The molecule has 2 N–H and O–H groups in total. The number of nitrogens with one attached hydrogen (secondary N) is 2. The van der Waals surface area contributed by atoms with Crippen LogP contribution < -0.4 is 10.6 Å². The van der Waals surface area contributed by atoms with Crippen molar-refractivity contribution in [3.63, 3.8) is 0 Å². The summed E-state index contributed by atoms with van der Waals surface area (Å²) in [5.41, 5.74) is 0. The lowest BCUT2D eigenvalue weighted by molar-refractivity contribution is 0.0968. The van der Waals surface area contributed by atoms with Gasteiger partial charge in [-0.25, -0.2) is 4.79 Å². The highest BCUT2D eigenvalue weighted by Crippen LogP contribution is 2.07. The third-order valence-corrected chi connectivity index (χ3v) is 2.18. The monoisotopic (exact) mass is 198 g/mol. The first-order valence-electron chi connectivity index (χ1n) is 3.86. The lowest BCUT2D eigenvalue weighted by Gasteiger charge is -2.01. The first kappa shape index (κ1) is 9.73. The summed E-state index contributed by atoms with van der Waals surface area (Å²) in [6.45, 7) is 2.29. The zero-order valence-corrected chi connectivity index (χ0v) is 7.98. The van der Waals surface area contributed by atoms with Gasteiger partial charge in [0.1, 0.15) is 0 Å². The Morgan fingerprint density at radius 2 is 2.31 bits per heavy atom. The molecule has 0 saturated carbocycles. The van der Waals surface area contributed by atoms with Crippen LogP contribution in [0.2, 0.25) is 0 Å². The molecule has 0 aromatic carbocycles. The fourth-order valence-corrected chi connectivity index (χ4v) is 1.40. The predicted octanol–water partition coefficient (Wildman–Crippen LogP) is 1.21. The van der Waals surface area contributed by atoms with E-state index in [0.717, 1.165) is 0 Å². The summed E-state index contributed by atoms with van der Waals surface area (Å²) in [4.78, 5) is 22.7. The molecule has 13 heavy (non-hydrogen) atoms. The third-order valence-electron chi connectivity index (χ3n) is 1.31. The average Bonchev–Trinajstić information content (AvgIpc) is 2.55. The molecule has 0 spiro atoms. The molecule has 0 aliphatic rings. The Bertz CT molecular complexity index is 295. The van der Waals surface area contributed by atoms with Crippen molar-refractivity contribution in [1.82, 2.24) is 10.6 Å². The van der Waals surface area contributed by atoms with Crippen molar-refractivity contribution in [3.05, 3.63) is 22.4 Å². The van der Waals surface area contributed by atoms with Gasteiger partial charge in [-0.3, -0.25) is 10.1 Å². The van der Waals surface area contributed by atoms with Crippen molar-refractivity contribution in [2.75, 3.05) is 6.54 Å². The van der Waals surface area contributed by atoms with Gasteiger partial charge in [0, 0.05) is 6.54 Å².